The summed E-state index contributed by atoms with van der Waals surface area (Å²) >= 11 is -0.293. The summed E-state index contributed by atoms with van der Waals surface area (Å²) in [5, 5.41) is 1.60. The highest BCUT2D eigenvalue weighted by Gasteiger charge is 2.20. The fourth-order valence-electron chi connectivity index (χ4n) is 3.18. The van der Waals surface area contributed by atoms with Crippen LogP contribution in [-0.4, -0.2) is 26.2 Å². The number of carbonyl (C=O) groups excluding carboxylic acids is 1. The quantitative estimate of drug-likeness (QED) is 0.452. The van der Waals surface area contributed by atoms with E-state index in [1.54, 1.807) is 25.1 Å². The van der Waals surface area contributed by atoms with Gasteiger partial charge in [-0.05, 0) is 45.0 Å². The Balaban J connectivity index is 1.79. The van der Waals surface area contributed by atoms with Crippen molar-refractivity contribution in [2.75, 3.05) is 6.61 Å². The van der Waals surface area contributed by atoms with Gasteiger partial charge < -0.3 is 13.3 Å². The van der Waals surface area contributed by atoms with Gasteiger partial charge in [0.15, 0.2) is 4.21 Å². The molecule has 0 spiro atoms. The molecule has 4 rings (SSSR count). The molecule has 6 nitrogen and oxygen atoms in total. The predicted molar refractivity (Wildman–Crippen MR) is 109 cm³/mol. The van der Waals surface area contributed by atoms with E-state index in [0.717, 1.165) is 21.4 Å². The molecule has 0 radical (unpaired) electrons. The van der Waals surface area contributed by atoms with Crippen LogP contribution in [0.3, 0.4) is 0 Å². The molecule has 144 valence electrons. The molecule has 1 atom stereocenters. The number of ether oxygens (including phenoxy) is 1. The fourth-order valence-corrected chi connectivity index (χ4v) is 5.20. The van der Waals surface area contributed by atoms with Crippen LogP contribution in [0.2, 0.25) is 0 Å². The number of aryl methyl sites for hydroxylation is 2. The maximum atomic E-state index is 12.6. The summed E-state index contributed by atoms with van der Waals surface area (Å²) in [6, 6.07) is 10.9. The minimum atomic E-state index is -1.65. The molecule has 1 unspecified atom stereocenters. The Morgan fingerprint density at radius 1 is 1.21 bits per heavy atom. The first-order chi connectivity index (χ1) is 13.5. The Bertz CT molecular complexity index is 1230. The molecule has 28 heavy (non-hydrogen) atoms. The third-order valence-electron chi connectivity index (χ3n) is 4.28. The van der Waals surface area contributed by atoms with Crippen LogP contribution in [0.1, 0.15) is 28.0 Å². The maximum Gasteiger partial charge on any atom is 0.340 e. The number of hydrogen-bond acceptors (Lipinski definition) is 6. The summed E-state index contributed by atoms with van der Waals surface area (Å²) in [7, 11) is 0. The largest absolute Gasteiger partial charge is 0.462 e. The molecule has 0 saturated heterocycles. The van der Waals surface area contributed by atoms with Crippen molar-refractivity contribution < 1.29 is 17.9 Å². The number of nitrogens with zero attached hydrogens (tertiary/aromatic N) is 2. The standard InChI is InChI=1S/C20H18N2O4S2/c1-4-25-19(23)18-15-9-8-14(11-17(15)22-10-6-5-7-16(18)22)26-28(24)20-12(2)21-13(3)27-20/h5-11H,4H2,1-3H3. The third-order valence-corrected chi connectivity index (χ3v) is 6.75. The van der Waals surface area contributed by atoms with Crippen LogP contribution in [0.15, 0.2) is 46.8 Å². The summed E-state index contributed by atoms with van der Waals surface area (Å²) < 4.78 is 26.0. The van der Waals surface area contributed by atoms with Gasteiger partial charge in [0.25, 0.3) is 11.1 Å². The van der Waals surface area contributed by atoms with Gasteiger partial charge in [-0.25, -0.2) is 14.0 Å². The molecule has 3 aromatic heterocycles. The lowest BCUT2D eigenvalue weighted by Gasteiger charge is -2.05. The molecular formula is C20H18N2O4S2. The van der Waals surface area contributed by atoms with E-state index in [0.29, 0.717) is 27.8 Å². The van der Waals surface area contributed by atoms with Crippen molar-refractivity contribution in [1.82, 2.24) is 9.38 Å². The van der Waals surface area contributed by atoms with Gasteiger partial charge in [-0.15, -0.1) is 11.3 Å². The first kappa shape index (κ1) is 18.6. The Morgan fingerprint density at radius 3 is 2.75 bits per heavy atom. The minimum Gasteiger partial charge on any atom is -0.462 e. The number of thiazole rings is 1. The lowest BCUT2D eigenvalue weighted by molar-refractivity contribution is 0.0531. The zero-order valence-corrected chi connectivity index (χ0v) is 17.2. The molecular weight excluding hydrogens is 396 g/mol. The Labute approximate surface area is 168 Å². The highest BCUT2D eigenvalue weighted by molar-refractivity contribution is 7.83. The average molecular weight is 415 g/mol. The van der Waals surface area contributed by atoms with Crippen LogP contribution in [0.4, 0.5) is 0 Å². The van der Waals surface area contributed by atoms with Crippen molar-refractivity contribution in [1.29, 1.82) is 0 Å². The van der Waals surface area contributed by atoms with E-state index >= 15 is 0 Å². The summed E-state index contributed by atoms with van der Waals surface area (Å²) in [6.45, 7) is 5.77. The van der Waals surface area contributed by atoms with E-state index in [9.17, 15) is 9.00 Å². The molecule has 0 bridgehead atoms. The van der Waals surface area contributed by atoms with Crippen LogP contribution in [0.25, 0.3) is 16.4 Å². The molecule has 1 aromatic carbocycles. The summed E-state index contributed by atoms with van der Waals surface area (Å²) in [5.41, 5.74) is 2.76. The van der Waals surface area contributed by atoms with Gasteiger partial charge in [0.2, 0.25) is 0 Å². The van der Waals surface area contributed by atoms with Crippen molar-refractivity contribution >= 4 is 44.8 Å². The summed E-state index contributed by atoms with van der Waals surface area (Å²) in [4.78, 5) is 16.8. The zero-order chi connectivity index (χ0) is 19.8. The molecule has 0 aliphatic heterocycles. The molecule has 8 heteroatoms. The first-order valence-corrected chi connectivity index (χ1v) is 10.6. The minimum absolute atomic E-state index is 0.304. The second-order valence-electron chi connectivity index (χ2n) is 6.15. The smallest absolute Gasteiger partial charge is 0.340 e. The summed E-state index contributed by atoms with van der Waals surface area (Å²) in [6.07, 6.45) is 1.87. The van der Waals surface area contributed by atoms with Crippen molar-refractivity contribution in [3.05, 3.63) is 58.9 Å². The van der Waals surface area contributed by atoms with Crippen LogP contribution < -0.4 is 4.18 Å². The zero-order valence-electron chi connectivity index (χ0n) is 15.6. The number of hydrogen-bond donors (Lipinski definition) is 0. The molecule has 0 fully saturated rings. The lowest BCUT2D eigenvalue weighted by Crippen LogP contribution is -2.04. The number of carbonyl (C=O) groups is 1. The number of pyridine rings is 1. The Hall–Kier alpha value is -2.71. The SMILES string of the molecule is CCOC(=O)c1c2ccc(OS(=O)c3sc(C)nc3C)cc2n2ccccc12. The number of fused-ring (bicyclic) bond motifs is 3. The van der Waals surface area contributed by atoms with Crippen molar-refractivity contribution in [2.45, 2.75) is 25.0 Å². The fraction of sp³-hybridized carbons (Fsp3) is 0.200. The van der Waals surface area contributed by atoms with E-state index in [1.165, 1.54) is 11.3 Å². The Kier molecular flexibility index (Phi) is 4.91. The van der Waals surface area contributed by atoms with Gasteiger partial charge in [0, 0.05) is 17.6 Å². The van der Waals surface area contributed by atoms with Crippen LogP contribution in [0.5, 0.6) is 5.75 Å². The lowest BCUT2D eigenvalue weighted by atomic mass is 10.1. The number of esters is 1. The highest BCUT2D eigenvalue weighted by atomic mass is 32.2. The van der Waals surface area contributed by atoms with Crippen molar-refractivity contribution in [3.8, 4) is 5.75 Å². The van der Waals surface area contributed by atoms with E-state index in [-0.39, 0.29) is 5.97 Å². The van der Waals surface area contributed by atoms with E-state index < -0.39 is 11.1 Å². The van der Waals surface area contributed by atoms with Gasteiger partial charge in [-0.3, -0.25) is 0 Å². The van der Waals surface area contributed by atoms with Gasteiger partial charge in [0.1, 0.15) is 5.75 Å². The van der Waals surface area contributed by atoms with E-state index in [4.69, 9.17) is 8.92 Å². The summed E-state index contributed by atoms with van der Waals surface area (Å²) in [5.74, 6) is 0.0872. The van der Waals surface area contributed by atoms with Crippen molar-refractivity contribution in [2.24, 2.45) is 0 Å². The van der Waals surface area contributed by atoms with Gasteiger partial charge in [0.05, 0.1) is 33.9 Å². The van der Waals surface area contributed by atoms with Crippen molar-refractivity contribution in [3.63, 3.8) is 0 Å². The van der Waals surface area contributed by atoms with Crippen LogP contribution in [-0.2, 0) is 15.8 Å². The molecule has 3 heterocycles. The second-order valence-corrected chi connectivity index (χ2v) is 8.66. The van der Waals surface area contributed by atoms with Gasteiger partial charge in [-0.1, -0.05) is 6.07 Å². The monoisotopic (exact) mass is 414 g/mol. The van der Waals surface area contributed by atoms with Gasteiger partial charge in [-0.2, -0.15) is 0 Å². The van der Waals surface area contributed by atoms with E-state index in [1.807, 2.05) is 42.6 Å². The number of benzene rings is 1. The predicted octanol–water partition coefficient (Wildman–Crippen LogP) is 4.44. The van der Waals surface area contributed by atoms with Gasteiger partial charge >= 0.3 is 5.97 Å². The molecule has 0 aliphatic rings. The normalized spacial score (nSPS) is 12.4. The average Bonchev–Trinajstić information content (AvgIpc) is 3.18. The number of aromatic nitrogens is 2. The molecule has 0 N–H and O–H groups in total. The van der Waals surface area contributed by atoms with E-state index in [2.05, 4.69) is 4.98 Å². The second kappa shape index (κ2) is 7.37. The number of rotatable bonds is 5. The Morgan fingerprint density at radius 2 is 2.04 bits per heavy atom. The highest BCUT2D eigenvalue weighted by Crippen LogP contribution is 2.31. The maximum absolute atomic E-state index is 12.6. The molecule has 4 aromatic rings. The topological polar surface area (TPSA) is 69.9 Å². The first-order valence-electron chi connectivity index (χ1n) is 8.73. The molecule has 0 saturated carbocycles. The molecule has 0 amide bonds. The van der Waals surface area contributed by atoms with Crippen LogP contribution in [0, 0.1) is 13.8 Å². The third kappa shape index (κ3) is 3.18. The van der Waals surface area contributed by atoms with Crippen LogP contribution >= 0.6 is 11.3 Å². The molecule has 0 aliphatic carbocycles.